The summed E-state index contributed by atoms with van der Waals surface area (Å²) in [6, 6.07) is 12.4. The van der Waals surface area contributed by atoms with Gasteiger partial charge in [0.05, 0.1) is 12.0 Å². The molecule has 0 spiro atoms. The molecule has 0 aliphatic carbocycles. The number of hydrogen-bond acceptors (Lipinski definition) is 6. The van der Waals surface area contributed by atoms with E-state index in [0.29, 0.717) is 34.4 Å². The first-order chi connectivity index (χ1) is 16.4. The summed E-state index contributed by atoms with van der Waals surface area (Å²) in [4.78, 5) is 17.7. The molecule has 4 N–H and O–H groups in total. The number of carbonyl (C=O) groups excluding carboxylic acids is 1. The van der Waals surface area contributed by atoms with Gasteiger partial charge in [0.25, 0.3) is 5.91 Å². The van der Waals surface area contributed by atoms with Gasteiger partial charge >= 0.3 is 0 Å². The van der Waals surface area contributed by atoms with E-state index in [1.807, 2.05) is 19.1 Å². The quantitative estimate of drug-likeness (QED) is 0.292. The topological polar surface area (TPSA) is 89.3 Å². The normalized spacial score (nSPS) is 11.6. The number of aryl methyl sites for hydroxylation is 2. The minimum atomic E-state index is -0.631. The second-order valence-corrected chi connectivity index (χ2v) is 8.44. The van der Waals surface area contributed by atoms with Gasteiger partial charge in [-0.1, -0.05) is 29.6 Å². The molecule has 0 aliphatic rings. The van der Waals surface area contributed by atoms with Gasteiger partial charge in [0.15, 0.2) is 5.13 Å². The maximum absolute atomic E-state index is 13.8. The summed E-state index contributed by atoms with van der Waals surface area (Å²) in [7, 11) is 1.57. The lowest BCUT2D eigenvalue weighted by Crippen LogP contribution is -2.12. The number of alkyl halides is 1. The van der Waals surface area contributed by atoms with E-state index >= 15 is 0 Å². The number of hydrogen-bond donors (Lipinski definition) is 3. The van der Waals surface area contributed by atoms with Crippen LogP contribution in [0.5, 0.6) is 5.75 Å². The molecule has 0 bridgehead atoms. The molecule has 1 amide bonds. The molecule has 0 saturated carbocycles. The smallest absolute Gasteiger partial charge is 0.255 e. The summed E-state index contributed by atoms with van der Waals surface area (Å²) in [5, 5.41) is 6.62. The highest BCUT2D eigenvalue weighted by Crippen LogP contribution is 2.30. The summed E-state index contributed by atoms with van der Waals surface area (Å²) in [6.45, 7) is 1.28. The fourth-order valence-electron chi connectivity index (χ4n) is 3.02. The molecule has 0 saturated heterocycles. The van der Waals surface area contributed by atoms with Crippen LogP contribution in [0.15, 0.2) is 66.5 Å². The Morgan fingerprint density at radius 1 is 1.24 bits per heavy atom. The zero-order chi connectivity index (χ0) is 24.5. The van der Waals surface area contributed by atoms with Crippen molar-refractivity contribution in [1.82, 2.24) is 4.98 Å². The van der Waals surface area contributed by atoms with Crippen LogP contribution in [0.2, 0.25) is 0 Å². The highest BCUT2D eigenvalue weighted by atomic mass is 32.1. The number of thiazole rings is 1. The van der Waals surface area contributed by atoms with Gasteiger partial charge in [0.2, 0.25) is 0 Å². The van der Waals surface area contributed by atoms with Crippen molar-refractivity contribution in [3.05, 3.63) is 82.5 Å². The number of benzene rings is 2. The van der Waals surface area contributed by atoms with Crippen LogP contribution >= 0.6 is 11.3 Å². The van der Waals surface area contributed by atoms with Gasteiger partial charge in [-0.05, 0) is 55.3 Å². The van der Waals surface area contributed by atoms with E-state index in [4.69, 9.17) is 10.5 Å². The summed E-state index contributed by atoms with van der Waals surface area (Å²) in [5.74, 6) is 0.407. The highest BCUT2D eigenvalue weighted by Gasteiger charge is 2.12. The molecule has 3 aromatic rings. The van der Waals surface area contributed by atoms with Gasteiger partial charge in [0, 0.05) is 29.4 Å². The van der Waals surface area contributed by atoms with Crippen LogP contribution in [-0.2, 0) is 6.42 Å². The first-order valence-electron chi connectivity index (χ1n) is 10.5. The lowest BCUT2D eigenvalue weighted by molar-refractivity contribution is 0.102. The first-order valence-corrected chi connectivity index (χ1v) is 11.4. The number of carbonyl (C=O) groups is 1. The fourth-order valence-corrected chi connectivity index (χ4v) is 3.92. The molecule has 34 heavy (non-hydrogen) atoms. The largest absolute Gasteiger partial charge is 0.497 e. The Morgan fingerprint density at radius 2 is 2.00 bits per heavy atom. The van der Waals surface area contributed by atoms with Crippen LogP contribution in [0, 0.1) is 6.92 Å². The number of methoxy groups -OCH3 is 1. The summed E-state index contributed by atoms with van der Waals surface area (Å²) < 4.78 is 31.0. The molecule has 178 valence electrons. The maximum Gasteiger partial charge on any atom is 0.255 e. The van der Waals surface area contributed by atoms with E-state index in [9.17, 15) is 13.6 Å². The van der Waals surface area contributed by atoms with E-state index in [-0.39, 0.29) is 18.2 Å². The van der Waals surface area contributed by atoms with Crippen molar-refractivity contribution in [2.24, 2.45) is 0 Å². The minimum Gasteiger partial charge on any atom is -0.497 e. The third-order valence-electron chi connectivity index (χ3n) is 4.91. The Bertz CT molecular complexity index is 1190. The van der Waals surface area contributed by atoms with Gasteiger partial charge in [-0.25, -0.2) is 13.8 Å². The number of amides is 1. The Kier molecular flexibility index (Phi) is 8.75. The number of nitrogens with two attached hydrogens (primary N) is 1. The molecule has 0 unspecified atom stereocenters. The van der Waals surface area contributed by atoms with Gasteiger partial charge in [-0.15, -0.1) is 0 Å². The summed E-state index contributed by atoms with van der Waals surface area (Å²) in [5.41, 5.74) is 8.80. The van der Waals surface area contributed by atoms with Crippen LogP contribution in [-0.4, -0.2) is 24.7 Å². The number of halogens is 2. The van der Waals surface area contributed by atoms with Crippen LogP contribution in [0.1, 0.15) is 27.2 Å². The second-order valence-electron chi connectivity index (χ2n) is 7.36. The number of rotatable bonds is 10. The molecule has 1 heterocycles. The number of nitrogens with zero attached hydrogens (tertiary/aromatic N) is 1. The average molecular weight is 485 g/mol. The predicted molar refractivity (Wildman–Crippen MR) is 135 cm³/mol. The molecule has 0 fully saturated rings. The number of nitrogen functional groups attached to an aromatic ring is 1. The number of ether oxygens (including phenoxy) is 1. The Hall–Kier alpha value is -3.72. The van der Waals surface area contributed by atoms with E-state index in [1.54, 1.807) is 37.4 Å². The average Bonchev–Trinajstić information content (AvgIpc) is 3.18. The summed E-state index contributed by atoms with van der Waals surface area (Å²) >= 11 is 1.33. The Balaban J connectivity index is 1.60. The molecule has 0 atom stereocenters. The molecular weight excluding hydrogens is 458 g/mol. The number of allylic oxidation sites excluding steroid dienone is 4. The number of aromatic nitrogens is 1. The third-order valence-corrected chi connectivity index (χ3v) is 5.96. The van der Waals surface area contributed by atoms with Gasteiger partial charge < -0.3 is 21.1 Å². The maximum atomic E-state index is 13.8. The monoisotopic (exact) mass is 484 g/mol. The molecule has 0 radical (unpaired) electrons. The van der Waals surface area contributed by atoms with E-state index in [0.717, 1.165) is 16.1 Å². The van der Waals surface area contributed by atoms with Crippen LogP contribution in [0.4, 0.5) is 31.1 Å². The van der Waals surface area contributed by atoms with Gasteiger partial charge in [-0.3, -0.25) is 4.79 Å². The molecule has 1 aromatic heterocycles. The van der Waals surface area contributed by atoms with Gasteiger partial charge in [0.1, 0.15) is 24.1 Å². The van der Waals surface area contributed by atoms with Crippen molar-refractivity contribution in [1.29, 1.82) is 0 Å². The molecule has 0 aliphatic heterocycles. The van der Waals surface area contributed by atoms with E-state index in [1.165, 1.54) is 29.6 Å². The molecule has 6 nitrogen and oxygen atoms in total. The van der Waals surface area contributed by atoms with Crippen LogP contribution in [0.25, 0.3) is 0 Å². The highest BCUT2D eigenvalue weighted by molar-refractivity contribution is 7.16. The Morgan fingerprint density at radius 3 is 2.71 bits per heavy atom. The molecular formula is C25H26F2N4O2S. The van der Waals surface area contributed by atoms with Gasteiger partial charge in [-0.2, -0.15) is 0 Å². The predicted octanol–water partition coefficient (Wildman–Crippen LogP) is 6.35. The second kappa shape index (κ2) is 11.9. The van der Waals surface area contributed by atoms with E-state index in [2.05, 4.69) is 15.6 Å². The fraction of sp³-hybridized carbons (Fsp3) is 0.200. The van der Waals surface area contributed by atoms with Crippen molar-refractivity contribution in [3.8, 4) is 5.75 Å². The van der Waals surface area contributed by atoms with Crippen molar-refractivity contribution >= 4 is 39.6 Å². The van der Waals surface area contributed by atoms with Crippen molar-refractivity contribution < 1.29 is 18.3 Å². The minimum absolute atomic E-state index is 0.152. The molecule has 9 heteroatoms. The third kappa shape index (κ3) is 6.89. The first kappa shape index (κ1) is 24.9. The lowest BCUT2D eigenvalue weighted by Gasteiger charge is -2.10. The zero-order valence-electron chi connectivity index (χ0n) is 18.9. The number of nitrogens with one attached hydrogen (secondary N) is 2. The summed E-state index contributed by atoms with van der Waals surface area (Å²) in [6.07, 6.45) is 4.36. The Labute approximate surface area is 201 Å². The standard InChI is InChI=1S/C25H26F2N4O2S/c1-16-6-12-20(33-2)15-21(16)30-24(32)17-7-10-19(11-8-17)29-25-31-23(28)22(34-25)13-9-18(27)5-3-4-14-26/h3-8,10-12,15H,9,13-14,28H2,1-2H3,(H,29,31)(H,30,32)/b4-3-,18-5+. The van der Waals surface area contributed by atoms with Crippen LogP contribution < -0.4 is 21.1 Å². The lowest BCUT2D eigenvalue weighted by atomic mass is 10.1. The van der Waals surface area contributed by atoms with Crippen LogP contribution in [0.3, 0.4) is 0 Å². The van der Waals surface area contributed by atoms with E-state index < -0.39 is 6.67 Å². The van der Waals surface area contributed by atoms with Crippen molar-refractivity contribution in [2.45, 2.75) is 19.8 Å². The SMILES string of the molecule is COc1ccc(C)c(NC(=O)c2ccc(Nc3nc(N)c(CC/C(F)=C\C=C/CF)s3)cc2)c1. The number of anilines is 4. The van der Waals surface area contributed by atoms with Crippen molar-refractivity contribution in [3.63, 3.8) is 0 Å². The molecule has 3 rings (SSSR count). The molecule has 2 aromatic carbocycles. The van der Waals surface area contributed by atoms with Crippen molar-refractivity contribution in [2.75, 3.05) is 30.2 Å². The zero-order valence-corrected chi connectivity index (χ0v) is 19.7.